The summed E-state index contributed by atoms with van der Waals surface area (Å²) in [5.74, 6) is 0.555. The third-order valence-electron chi connectivity index (χ3n) is 4.82. The van der Waals surface area contributed by atoms with Gasteiger partial charge in [-0.25, -0.2) is 0 Å². The van der Waals surface area contributed by atoms with Crippen molar-refractivity contribution in [1.82, 2.24) is 15.5 Å². The zero-order chi connectivity index (χ0) is 19.1. The minimum Gasteiger partial charge on any atom is -0.378 e. The van der Waals surface area contributed by atoms with Gasteiger partial charge < -0.3 is 21.3 Å². The second-order valence-electron chi connectivity index (χ2n) is 7.09. The smallest absolute Gasteiger partial charge is 0.231 e. The molecule has 1 saturated heterocycles. The fraction of sp³-hybridized carbons (Fsp3) is 0.579. The highest BCUT2D eigenvalue weighted by Crippen LogP contribution is 2.17. The van der Waals surface area contributed by atoms with Gasteiger partial charge in [-0.3, -0.25) is 14.7 Å². The number of nitrogens with two attached hydrogens (primary N) is 1. The summed E-state index contributed by atoms with van der Waals surface area (Å²) < 4.78 is 0. The molecule has 0 saturated carbocycles. The molecule has 0 spiro atoms. The van der Waals surface area contributed by atoms with Crippen LogP contribution in [0, 0.1) is 6.92 Å². The summed E-state index contributed by atoms with van der Waals surface area (Å²) in [6, 6.07) is 6.85. The van der Waals surface area contributed by atoms with E-state index in [2.05, 4.69) is 50.5 Å². The molecular weight excluding hydrogens is 328 g/mol. The summed E-state index contributed by atoms with van der Waals surface area (Å²) in [7, 11) is 5.89. The van der Waals surface area contributed by atoms with Crippen LogP contribution < -0.4 is 21.3 Å². The van der Waals surface area contributed by atoms with Gasteiger partial charge in [-0.05, 0) is 43.0 Å². The Hall–Kier alpha value is -2.28. The van der Waals surface area contributed by atoms with Crippen molar-refractivity contribution < 1.29 is 4.79 Å². The molecule has 1 heterocycles. The number of piperidine rings is 1. The molecule has 1 aliphatic heterocycles. The van der Waals surface area contributed by atoms with Gasteiger partial charge in [0.2, 0.25) is 5.91 Å². The molecule has 7 nitrogen and oxygen atoms in total. The van der Waals surface area contributed by atoms with Crippen molar-refractivity contribution in [3.63, 3.8) is 0 Å². The van der Waals surface area contributed by atoms with Crippen molar-refractivity contribution in [2.24, 2.45) is 10.7 Å². The number of benzene rings is 1. The Kier molecular flexibility index (Phi) is 7.26. The number of hydrogen-bond donors (Lipinski definition) is 3. The molecule has 1 aromatic rings. The highest BCUT2D eigenvalue weighted by atomic mass is 16.1. The lowest BCUT2D eigenvalue weighted by molar-refractivity contribution is -0.119. The van der Waals surface area contributed by atoms with Crippen molar-refractivity contribution in [1.29, 1.82) is 0 Å². The van der Waals surface area contributed by atoms with Gasteiger partial charge >= 0.3 is 0 Å². The number of aryl methyl sites for hydroxylation is 1. The molecular formula is C19H32N6O. The molecule has 26 heavy (non-hydrogen) atoms. The number of nitrogens with one attached hydrogen (secondary N) is 2. The standard InChI is InChI=1S/C19H32N6O/c1-14-11-17(24(3)4)6-5-15(14)12-22-19(21-2)23-16-7-9-25(10-8-16)13-18(20)26/h5-6,11,16H,7-10,12-13H2,1-4H3,(H2,20,26)(H2,21,22,23). The Balaban J connectivity index is 1.82. The third-order valence-corrected chi connectivity index (χ3v) is 4.82. The van der Waals surface area contributed by atoms with Crippen LogP contribution in [0.1, 0.15) is 24.0 Å². The van der Waals surface area contributed by atoms with E-state index in [0.717, 1.165) is 38.4 Å². The summed E-state index contributed by atoms with van der Waals surface area (Å²) in [5, 5.41) is 6.89. The maximum absolute atomic E-state index is 11.0. The summed E-state index contributed by atoms with van der Waals surface area (Å²) >= 11 is 0. The number of rotatable bonds is 6. The second-order valence-corrected chi connectivity index (χ2v) is 7.09. The number of amides is 1. The molecule has 1 aliphatic rings. The van der Waals surface area contributed by atoms with E-state index in [0.29, 0.717) is 12.6 Å². The summed E-state index contributed by atoms with van der Waals surface area (Å²) in [4.78, 5) is 19.6. The highest BCUT2D eigenvalue weighted by molar-refractivity contribution is 5.80. The molecule has 0 unspecified atom stereocenters. The molecule has 7 heteroatoms. The number of aliphatic imine (C=N–C) groups is 1. The zero-order valence-corrected chi connectivity index (χ0v) is 16.4. The van der Waals surface area contributed by atoms with Gasteiger partial charge in [-0.15, -0.1) is 0 Å². The van der Waals surface area contributed by atoms with Crippen LogP contribution in [0.5, 0.6) is 0 Å². The van der Waals surface area contributed by atoms with Crippen LogP contribution in [0.2, 0.25) is 0 Å². The molecule has 1 amide bonds. The minimum absolute atomic E-state index is 0.260. The molecule has 0 atom stereocenters. The number of nitrogens with zero attached hydrogens (tertiary/aromatic N) is 3. The van der Waals surface area contributed by atoms with Gasteiger partial charge in [0.05, 0.1) is 6.54 Å². The van der Waals surface area contributed by atoms with E-state index in [-0.39, 0.29) is 5.91 Å². The van der Waals surface area contributed by atoms with Gasteiger partial charge in [0.1, 0.15) is 0 Å². The average Bonchev–Trinajstić information content (AvgIpc) is 2.60. The van der Waals surface area contributed by atoms with Crippen molar-refractivity contribution in [3.05, 3.63) is 29.3 Å². The van der Waals surface area contributed by atoms with Crippen molar-refractivity contribution >= 4 is 17.6 Å². The van der Waals surface area contributed by atoms with E-state index in [1.165, 1.54) is 16.8 Å². The number of likely N-dealkylation sites (tertiary alicyclic amines) is 1. The monoisotopic (exact) mass is 360 g/mol. The number of primary amides is 1. The average molecular weight is 361 g/mol. The molecule has 144 valence electrons. The predicted octanol–water partition coefficient (Wildman–Crippen LogP) is 0.676. The van der Waals surface area contributed by atoms with Crippen LogP contribution in [0.25, 0.3) is 0 Å². The van der Waals surface area contributed by atoms with Crippen LogP contribution in [0.3, 0.4) is 0 Å². The van der Waals surface area contributed by atoms with E-state index in [9.17, 15) is 4.79 Å². The summed E-state index contributed by atoms with van der Waals surface area (Å²) in [6.45, 7) is 4.97. The third kappa shape index (κ3) is 5.91. The predicted molar refractivity (Wildman–Crippen MR) is 107 cm³/mol. The van der Waals surface area contributed by atoms with Crippen molar-refractivity contribution in [3.8, 4) is 0 Å². The van der Waals surface area contributed by atoms with Crippen LogP contribution in [-0.4, -0.2) is 63.6 Å². The number of hydrogen-bond acceptors (Lipinski definition) is 4. The Bertz CT molecular complexity index is 635. The van der Waals surface area contributed by atoms with Gasteiger partial charge in [0, 0.05) is 52.5 Å². The molecule has 0 aromatic heterocycles. The fourth-order valence-electron chi connectivity index (χ4n) is 3.18. The van der Waals surface area contributed by atoms with Crippen LogP contribution in [0.15, 0.2) is 23.2 Å². The number of guanidine groups is 1. The van der Waals surface area contributed by atoms with E-state index in [1.807, 2.05) is 14.1 Å². The van der Waals surface area contributed by atoms with Crippen molar-refractivity contribution in [2.75, 3.05) is 45.7 Å². The Morgan fingerprint density at radius 1 is 1.35 bits per heavy atom. The normalized spacial score (nSPS) is 16.4. The van der Waals surface area contributed by atoms with E-state index < -0.39 is 0 Å². The van der Waals surface area contributed by atoms with Gasteiger partial charge in [-0.2, -0.15) is 0 Å². The van der Waals surface area contributed by atoms with Crippen LogP contribution in [-0.2, 0) is 11.3 Å². The van der Waals surface area contributed by atoms with Crippen molar-refractivity contribution in [2.45, 2.75) is 32.4 Å². The lowest BCUT2D eigenvalue weighted by Gasteiger charge is -2.32. The number of carbonyl (C=O) groups is 1. The van der Waals surface area contributed by atoms with Crippen LogP contribution in [0.4, 0.5) is 5.69 Å². The molecule has 1 fully saturated rings. The summed E-state index contributed by atoms with van der Waals surface area (Å²) in [6.07, 6.45) is 1.95. The lowest BCUT2D eigenvalue weighted by Crippen LogP contribution is -2.49. The first-order valence-electron chi connectivity index (χ1n) is 9.13. The van der Waals surface area contributed by atoms with Crippen LogP contribution >= 0.6 is 0 Å². The van der Waals surface area contributed by atoms with E-state index in [1.54, 1.807) is 7.05 Å². The molecule has 1 aromatic carbocycles. The minimum atomic E-state index is -0.260. The zero-order valence-electron chi connectivity index (χ0n) is 16.4. The molecule has 2 rings (SSSR count). The van der Waals surface area contributed by atoms with Gasteiger partial charge in [-0.1, -0.05) is 6.07 Å². The molecule has 0 radical (unpaired) electrons. The first kappa shape index (κ1) is 20.0. The van der Waals surface area contributed by atoms with E-state index >= 15 is 0 Å². The number of anilines is 1. The topological polar surface area (TPSA) is 86.0 Å². The summed E-state index contributed by atoms with van der Waals surface area (Å²) in [5.41, 5.74) is 8.99. The highest BCUT2D eigenvalue weighted by Gasteiger charge is 2.20. The van der Waals surface area contributed by atoms with Gasteiger partial charge in [0.15, 0.2) is 5.96 Å². The second kappa shape index (κ2) is 9.43. The number of carbonyl (C=O) groups excluding carboxylic acids is 1. The molecule has 0 bridgehead atoms. The lowest BCUT2D eigenvalue weighted by atomic mass is 10.1. The maximum atomic E-state index is 11.0. The Labute approximate surface area is 156 Å². The quantitative estimate of drug-likeness (QED) is 0.513. The first-order valence-corrected chi connectivity index (χ1v) is 9.13. The molecule has 0 aliphatic carbocycles. The largest absolute Gasteiger partial charge is 0.378 e. The van der Waals surface area contributed by atoms with Gasteiger partial charge in [0.25, 0.3) is 0 Å². The fourth-order valence-corrected chi connectivity index (χ4v) is 3.18. The molecule has 4 N–H and O–H groups in total. The maximum Gasteiger partial charge on any atom is 0.231 e. The Morgan fingerprint density at radius 3 is 2.58 bits per heavy atom. The van der Waals surface area contributed by atoms with E-state index in [4.69, 9.17) is 5.73 Å². The SMILES string of the molecule is CN=C(NCc1ccc(N(C)C)cc1C)NC1CCN(CC(N)=O)CC1. The Morgan fingerprint density at radius 2 is 2.04 bits per heavy atom. The first-order chi connectivity index (χ1) is 12.4.